The van der Waals surface area contributed by atoms with Crippen molar-refractivity contribution >= 4 is 63.0 Å². The fourth-order valence-electron chi connectivity index (χ4n) is 2.70. The van der Waals surface area contributed by atoms with E-state index in [1.165, 1.54) is 27.7 Å². The third-order valence-corrected chi connectivity index (χ3v) is 11.1. The molecule has 0 fully saturated rings. The van der Waals surface area contributed by atoms with E-state index in [1.807, 2.05) is 35.3 Å². The molecule has 0 unspecified atom stereocenters. The van der Waals surface area contributed by atoms with E-state index in [4.69, 9.17) is 0 Å². The van der Waals surface area contributed by atoms with Crippen LogP contribution in [0.2, 0.25) is 0 Å². The average molecular weight is 445 g/mol. The Morgan fingerprint density at radius 2 is 0.840 bits per heavy atom. The fourth-order valence-corrected chi connectivity index (χ4v) is 9.69. The molecule has 0 radical (unpaired) electrons. The number of thioether (sulfide) groups is 3. The Balaban J connectivity index is 2.16. The Labute approximate surface area is 168 Å². The number of rotatable bonds is 6. The van der Waals surface area contributed by atoms with Crippen LogP contribution in [-0.4, -0.2) is 33.4 Å². The first-order valence-corrected chi connectivity index (χ1v) is 14.5. The van der Waals surface area contributed by atoms with Crippen LogP contribution in [0.3, 0.4) is 0 Å². The minimum atomic E-state index is -1.56. The Bertz CT molecular complexity index is 735. The standard InChI is InChI=1S/C21H21AsS3/c1-23-19-10-4-7-16(13-19)22(17-8-5-11-20(14-17)24-2)18-9-6-12-21(15-18)25-3/h4-15H,1-3H3. The summed E-state index contributed by atoms with van der Waals surface area (Å²) in [5.74, 6) is 0. The predicted molar refractivity (Wildman–Crippen MR) is 119 cm³/mol. The second-order valence-corrected chi connectivity index (χ2v) is 12.7. The van der Waals surface area contributed by atoms with Gasteiger partial charge in [-0.15, -0.1) is 0 Å². The van der Waals surface area contributed by atoms with Crippen molar-refractivity contribution in [1.82, 2.24) is 0 Å². The van der Waals surface area contributed by atoms with Gasteiger partial charge in [-0.3, -0.25) is 0 Å². The fraction of sp³-hybridized carbons (Fsp3) is 0.143. The molecule has 4 heteroatoms. The molecule has 0 atom stereocenters. The number of benzene rings is 3. The van der Waals surface area contributed by atoms with Gasteiger partial charge in [0, 0.05) is 0 Å². The number of hydrogen-bond donors (Lipinski definition) is 0. The molecule has 0 aromatic heterocycles. The molecule has 3 rings (SSSR count). The average Bonchev–Trinajstić information content (AvgIpc) is 2.68. The quantitative estimate of drug-likeness (QED) is 0.410. The van der Waals surface area contributed by atoms with Gasteiger partial charge >= 0.3 is 169 Å². The molecule has 0 aliphatic rings. The van der Waals surface area contributed by atoms with Crippen molar-refractivity contribution in [2.24, 2.45) is 0 Å². The van der Waals surface area contributed by atoms with Crippen LogP contribution >= 0.6 is 35.3 Å². The molecule has 0 amide bonds. The molecular weight excluding hydrogens is 423 g/mol. The summed E-state index contributed by atoms with van der Waals surface area (Å²) in [5, 5.41) is 0. The van der Waals surface area contributed by atoms with Gasteiger partial charge < -0.3 is 0 Å². The third kappa shape index (κ3) is 4.71. The molecule has 25 heavy (non-hydrogen) atoms. The molecule has 0 saturated heterocycles. The van der Waals surface area contributed by atoms with Gasteiger partial charge in [-0.25, -0.2) is 0 Å². The van der Waals surface area contributed by atoms with Crippen LogP contribution in [0.4, 0.5) is 0 Å². The Morgan fingerprint density at radius 3 is 1.12 bits per heavy atom. The summed E-state index contributed by atoms with van der Waals surface area (Å²) in [6.45, 7) is 0. The molecule has 128 valence electrons. The summed E-state index contributed by atoms with van der Waals surface area (Å²) in [4.78, 5) is 4.04. The second kappa shape index (κ2) is 9.28. The van der Waals surface area contributed by atoms with Gasteiger partial charge in [-0.1, -0.05) is 0 Å². The summed E-state index contributed by atoms with van der Waals surface area (Å²) >= 11 is 3.90. The van der Waals surface area contributed by atoms with Crippen LogP contribution in [0.25, 0.3) is 0 Å². The van der Waals surface area contributed by atoms with E-state index in [-0.39, 0.29) is 0 Å². The van der Waals surface area contributed by atoms with Gasteiger partial charge in [-0.2, -0.15) is 0 Å². The topological polar surface area (TPSA) is 0 Å². The van der Waals surface area contributed by atoms with Gasteiger partial charge in [0.1, 0.15) is 0 Å². The van der Waals surface area contributed by atoms with Crippen LogP contribution in [0.1, 0.15) is 0 Å². The van der Waals surface area contributed by atoms with E-state index in [0.717, 1.165) is 0 Å². The van der Waals surface area contributed by atoms with Gasteiger partial charge in [-0.05, 0) is 0 Å². The van der Waals surface area contributed by atoms with Gasteiger partial charge in [0.15, 0.2) is 0 Å². The first-order valence-electron chi connectivity index (χ1n) is 7.97. The summed E-state index contributed by atoms with van der Waals surface area (Å²) in [5.41, 5.74) is 0. The zero-order valence-corrected chi connectivity index (χ0v) is 18.9. The molecule has 0 nitrogen and oxygen atoms in total. The summed E-state index contributed by atoms with van der Waals surface area (Å²) < 4.78 is 4.49. The third-order valence-electron chi connectivity index (χ3n) is 3.93. The van der Waals surface area contributed by atoms with Gasteiger partial charge in [0.25, 0.3) is 0 Å². The van der Waals surface area contributed by atoms with Crippen molar-refractivity contribution in [3.05, 3.63) is 72.8 Å². The van der Waals surface area contributed by atoms with Crippen LogP contribution < -0.4 is 13.1 Å². The maximum absolute atomic E-state index is 2.39. The molecular formula is C21H21AsS3. The monoisotopic (exact) mass is 444 g/mol. The van der Waals surface area contributed by atoms with Crippen LogP contribution in [-0.2, 0) is 0 Å². The Kier molecular flexibility index (Phi) is 7.07. The maximum atomic E-state index is 2.39. The predicted octanol–water partition coefficient (Wildman–Crippen LogP) is 4.37. The summed E-state index contributed by atoms with van der Waals surface area (Å²) in [6.07, 6.45) is 6.46. The van der Waals surface area contributed by atoms with Crippen molar-refractivity contribution in [3.8, 4) is 0 Å². The van der Waals surface area contributed by atoms with Crippen LogP contribution in [0.15, 0.2) is 87.5 Å². The minimum absolute atomic E-state index is 1.35. The van der Waals surface area contributed by atoms with Crippen molar-refractivity contribution in [1.29, 1.82) is 0 Å². The molecule has 0 spiro atoms. The van der Waals surface area contributed by atoms with E-state index in [2.05, 4.69) is 91.6 Å². The zero-order chi connectivity index (χ0) is 17.6. The van der Waals surface area contributed by atoms with Gasteiger partial charge in [0.05, 0.1) is 0 Å². The van der Waals surface area contributed by atoms with E-state index in [1.54, 1.807) is 0 Å². The SMILES string of the molecule is CSc1cccc([As](c2cccc(SC)c2)c2cccc(SC)c2)c1. The van der Waals surface area contributed by atoms with Crippen LogP contribution in [0.5, 0.6) is 0 Å². The first kappa shape index (κ1) is 19.0. The van der Waals surface area contributed by atoms with E-state index in [9.17, 15) is 0 Å². The van der Waals surface area contributed by atoms with E-state index >= 15 is 0 Å². The summed E-state index contributed by atoms with van der Waals surface area (Å²) in [7, 11) is 0. The van der Waals surface area contributed by atoms with Crippen molar-refractivity contribution in [2.75, 3.05) is 18.8 Å². The molecule has 0 heterocycles. The van der Waals surface area contributed by atoms with E-state index in [0.29, 0.717) is 0 Å². The Morgan fingerprint density at radius 1 is 0.520 bits per heavy atom. The van der Waals surface area contributed by atoms with Crippen molar-refractivity contribution in [2.45, 2.75) is 14.7 Å². The van der Waals surface area contributed by atoms with Crippen molar-refractivity contribution < 1.29 is 0 Å². The molecule has 0 aliphatic carbocycles. The van der Waals surface area contributed by atoms with Gasteiger partial charge in [0.2, 0.25) is 0 Å². The van der Waals surface area contributed by atoms with Crippen molar-refractivity contribution in [3.63, 3.8) is 0 Å². The number of hydrogen-bond acceptors (Lipinski definition) is 3. The molecule has 0 bridgehead atoms. The summed E-state index contributed by atoms with van der Waals surface area (Å²) in [6, 6.07) is 27.4. The Hall–Kier alpha value is -0.732. The molecule has 3 aromatic carbocycles. The first-order chi connectivity index (χ1) is 12.2. The normalized spacial score (nSPS) is 11.0. The zero-order valence-electron chi connectivity index (χ0n) is 14.6. The van der Waals surface area contributed by atoms with Crippen LogP contribution in [0, 0.1) is 0 Å². The molecule has 0 saturated carbocycles. The van der Waals surface area contributed by atoms with E-state index < -0.39 is 14.7 Å². The second-order valence-electron chi connectivity index (χ2n) is 5.44. The molecule has 3 aromatic rings. The molecule has 0 N–H and O–H groups in total. The molecule has 0 aliphatic heterocycles.